The van der Waals surface area contributed by atoms with Gasteiger partial charge in [0.05, 0.1) is 0 Å². The zero-order chi connectivity index (χ0) is 13.0. The summed E-state index contributed by atoms with van der Waals surface area (Å²) in [6, 6.07) is 6.01. The van der Waals surface area contributed by atoms with Gasteiger partial charge >= 0.3 is 0 Å². The van der Waals surface area contributed by atoms with Crippen LogP contribution in [0.1, 0.15) is 19.8 Å². The van der Waals surface area contributed by atoms with E-state index < -0.39 is 0 Å². The third kappa shape index (κ3) is 3.23. The lowest BCUT2D eigenvalue weighted by atomic mass is 10.0. The molecule has 0 radical (unpaired) electrons. The Morgan fingerprint density at radius 2 is 2.44 bits per heavy atom. The van der Waals surface area contributed by atoms with Crippen LogP contribution in [-0.4, -0.2) is 35.1 Å². The summed E-state index contributed by atoms with van der Waals surface area (Å²) in [5.74, 6) is 1.13. The Balaban J connectivity index is 1.91. The van der Waals surface area contributed by atoms with Crippen molar-refractivity contribution in [2.45, 2.75) is 31.9 Å². The molecule has 1 fully saturated rings. The molecular weight excluding hydrogens is 226 g/mol. The minimum atomic E-state index is 0.232. The van der Waals surface area contributed by atoms with Crippen molar-refractivity contribution < 1.29 is 4.74 Å². The van der Waals surface area contributed by atoms with Crippen LogP contribution in [-0.2, 0) is 0 Å². The van der Waals surface area contributed by atoms with Gasteiger partial charge in [0.15, 0.2) is 0 Å². The van der Waals surface area contributed by atoms with E-state index in [2.05, 4.69) is 23.4 Å². The molecule has 2 atom stereocenters. The lowest BCUT2D eigenvalue weighted by molar-refractivity contribution is 0.0677. The number of likely N-dealkylation sites (tertiary alicyclic amines) is 1. The van der Waals surface area contributed by atoms with Gasteiger partial charge in [-0.2, -0.15) is 4.98 Å². The van der Waals surface area contributed by atoms with Crippen molar-refractivity contribution in [3.8, 4) is 5.88 Å². The van der Waals surface area contributed by atoms with Gasteiger partial charge in [-0.3, -0.25) is 4.90 Å². The Kier molecular flexibility index (Phi) is 4.20. The van der Waals surface area contributed by atoms with Crippen LogP contribution in [0.5, 0.6) is 5.88 Å². The molecule has 1 aromatic rings. The Labute approximate surface area is 108 Å². The van der Waals surface area contributed by atoms with Gasteiger partial charge in [-0.05, 0) is 25.8 Å². The average Bonchev–Trinajstić information content (AvgIpc) is 2.33. The van der Waals surface area contributed by atoms with Crippen LogP contribution in [0.25, 0.3) is 0 Å². The average molecular weight is 247 g/mol. The first-order valence-electron chi connectivity index (χ1n) is 6.43. The zero-order valence-electron chi connectivity index (χ0n) is 10.9. The highest BCUT2D eigenvalue weighted by atomic mass is 16.5. The summed E-state index contributed by atoms with van der Waals surface area (Å²) in [4.78, 5) is 6.59. The van der Waals surface area contributed by atoms with Gasteiger partial charge in [-0.1, -0.05) is 12.1 Å². The normalized spacial score (nSPS) is 24.7. The molecule has 1 saturated heterocycles. The standard InChI is InChI=1S/C14H21N3O/c1-3-8-17-9-7-12(10-11(17)2)18-14-6-4-5-13(15)16-14/h3-6,11-12H,1,7-10H2,2H3,(H2,15,16). The fraction of sp³-hybridized carbons (Fsp3) is 0.500. The van der Waals surface area contributed by atoms with Gasteiger partial charge in [0.2, 0.25) is 5.88 Å². The molecule has 1 aliphatic rings. The van der Waals surface area contributed by atoms with Gasteiger partial charge in [0.1, 0.15) is 11.9 Å². The predicted molar refractivity (Wildman–Crippen MR) is 73.5 cm³/mol. The number of anilines is 1. The number of aromatic nitrogens is 1. The summed E-state index contributed by atoms with van der Waals surface area (Å²) >= 11 is 0. The highest BCUT2D eigenvalue weighted by Gasteiger charge is 2.25. The van der Waals surface area contributed by atoms with Gasteiger partial charge in [0.25, 0.3) is 0 Å². The molecule has 2 rings (SSSR count). The second-order valence-electron chi connectivity index (χ2n) is 4.80. The van der Waals surface area contributed by atoms with E-state index in [-0.39, 0.29) is 6.10 Å². The van der Waals surface area contributed by atoms with E-state index in [0.29, 0.717) is 17.7 Å². The molecule has 2 heterocycles. The van der Waals surface area contributed by atoms with Crippen LogP contribution in [0.3, 0.4) is 0 Å². The number of hydrogen-bond acceptors (Lipinski definition) is 4. The fourth-order valence-corrected chi connectivity index (χ4v) is 2.39. The van der Waals surface area contributed by atoms with E-state index in [9.17, 15) is 0 Å². The molecule has 0 amide bonds. The quantitative estimate of drug-likeness (QED) is 0.828. The van der Waals surface area contributed by atoms with Crippen LogP contribution in [0.4, 0.5) is 5.82 Å². The highest BCUT2D eigenvalue weighted by molar-refractivity contribution is 5.31. The molecule has 0 bridgehead atoms. The van der Waals surface area contributed by atoms with E-state index in [1.165, 1.54) is 0 Å². The smallest absolute Gasteiger partial charge is 0.215 e. The second kappa shape index (κ2) is 5.87. The molecule has 18 heavy (non-hydrogen) atoms. The zero-order valence-corrected chi connectivity index (χ0v) is 10.9. The predicted octanol–water partition coefficient (Wildman–Crippen LogP) is 2.08. The van der Waals surface area contributed by atoms with Crippen LogP contribution in [0.2, 0.25) is 0 Å². The van der Waals surface area contributed by atoms with Crippen molar-refractivity contribution >= 4 is 5.82 Å². The molecule has 0 saturated carbocycles. The number of nitrogens with two attached hydrogens (primary N) is 1. The summed E-state index contributed by atoms with van der Waals surface area (Å²) in [5, 5.41) is 0. The Bertz CT molecular complexity index is 408. The number of nitrogens with zero attached hydrogens (tertiary/aromatic N) is 2. The van der Waals surface area contributed by atoms with Gasteiger partial charge < -0.3 is 10.5 Å². The largest absolute Gasteiger partial charge is 0.474 e. The molecular formula is C14H21N3O. The number of pyridine rings is 1. The lowest BCUT2D eigenvalue weighted by Crippen LogP contribution is -2.44. The molecule has 2 unspecified atom stereocenters. The maximum absolute atomic E-state index is 5.89. The van der Waals surface area contributed by atoms with E-state index >= 15 is 0 Å². The number of piperidine rings is 1. The second-order valence-corrected chi connectivity index (χ2v) is 4.80. The molecule has 0 aromatic carbocycles. The lowest BCUT2D eigenvalue weighted by Gasteiger charge is -2.36. The molecule has 4 heteroatoms. The Morgan fingerprint density at radius 1 is 1.61 bits per heavy atom. The molecule has 98 valence electrons. The van der Waals surface area contributed by atoms with Crippen molar-refractivity contribution in [1.29, 1.82) is 0 Å². The Hall–Kier alpha value is -1.55. The van der Waals surface area contributed by atoms with Crippen molar-refractivity contribution in [3.05, 3.63) is 30.9 Å². The molecule has 4 nitrogen and oxygen atoms in total. The third-order valence-electron chi connectivity index (χ3n) is 3.36. The first kappa shape index (κ1) is 12.9. The SMILES string of the molecule is C=CCN1CCC(Oc2cccc(N)n2)CC1C. The van der Waals surface area contributed by atoms with Crippen LogP contribution < -0.4 is 10.5 Å². The van der Waals surface area contributed by atoms with Gasteiger partial charge in [0, 0.05) is 25.2 Å². The molecule has 2 N–H and O–H groups in total. The van der Waals surface area contributed by atoms with Crippen LogP contribution in [0, 0.1) is 0 Å². The highest BCUT2D eigenvalue weighted by Crippen LogP contribution is 2.21. The van der Waals surface area contributed by atoms with E-state index in [1.807, 2.05) is 18.2 Å². The van der Waals surface area contributed by atoms with Crippen molar-refractivity contribution in [3.63, 3.8) is 0 Å². The first-order valence-corrected chi connectivity index (χ1v) is 6.43. The first-order chi connectivity index (χ1) is 8.69. The summed E-state index contributed by atoms with van der Waals surface area (Å²) in [6.07, 6.45) is 4.23. The Morgan fingerprint density at radius 3 is 3.11 bits per heavy atom. The fourth-order valence-electron chi connectivity index (χ4n) is 2.39. The molecule has 1 aliphatic heterocycles. The minimum absolute atomic E-state index is 0.232. The topological polar surface area (TPSA) is 51.4 Å². The van der Waals surface area contributed by atoms with Crippen molar-refractivity contribution in [1.82, 2.24) is 9.88 Å². The minimum Gasteiger partial charge on any atom is -0.474 e. The van der Waals surface area contributed by atoms with Gasteiger partial charge in [-0.25, -0.2) is 0 Å². The number of ether oxygens (including phenoxy) is 1. The molecule has 1 aromatic heterocycles. The van der Waals surface area contributed by atoms with Crippen LogP contribution >= 0.6 is 0 Å². The van der Waals surface area contributed by atoms with E-state index in [4.69, 9.17) is 10.5 Å². The van der Waals surface area contributed by atoms with Crippen molar-refractivity contribution in [2.75, 3.05) is 18.8 Å². The maximum Gasteiger partial charge on any atom is 0.215 e. The summed E-state index contributed by atoms with van der Waals surface area (Å²) < 4.78 is 5.89. The monoisotopic (exact) mass is 247 g/mol. The molecule has 0 spiro atoms. The van der Waals surface area contributed by atoms with Crippen molar-refractivity contribution in [2.24, 2.45) is 0 Å². The third-order valence-corrected chi connectivity index (χ3v) is 3.36. The van der Waals surface area contributed by atoms with E-state index in [1.54, 1.807) is 6.07 Å². The van der Waals surface area contributed by atoms with Gasteiger partial charge in [-0.15, -0.1) is 6.58 Å². The number of rotatable bonds is 4. The maximum atomic E-state index is 5.89. The number of hydrogen-bond donors (Lipinski definition) is 1. The van der Waals surface area contributed by atoms with E-state index in [0.717, 1.165) is 25.9 Å². The summed E-state index contributed by atoms with van der Waals surface area (Å²) in [5.41, 5.74) is 5.64. The summed E-state index contributed by atoms with van der Waals surface area (Å²) in [6.45, 7) is 8.01. The van der Waals surface area contributed by atoms with Crippen LogP contribution in [0.15, 0.2) is 30.9 Å². The number of nitrogen functional groups attached to an aromatic ring is 1. The molecule has 0 aliphatic carbocycles. The summed E-state index contributed by atoms with van der Waals surface area (Å²) in [7, 11) is 0.